The van der Waals surface area contributed by atoms with Crippen LogP contribution in [0, 0.1) is 36.5 Å². The summed E-state index contributed by atoms with van der Waals surface area (Å²) in [6.45, 7) is 15.3. The fourth-order valence-corrected chi connectivity index (χ4v) is 7.59. The Bertz CT molecular complexity index is 1830. The lowest BCUT2D eigenvalue weighted by atomic mass is 9.83. The zero-order valence-corrected chi connectivity index (χ0v) is 30.8. The topological polar surface area (TPSA) is 87.8 Å². The van der Waals surface area contributed by atoms with Gasteiger partial charge in [0, 0.05) is 37.5 Å². The minimum absolute atomic E-state index is 0.0138. The number of allylic oxidation sites excluding steroid dienone is 1. The standard InChI is InChI=1S/C41H52N4O4/c1-26-27(2)39(46)43(7)24-35(26)31-20-37(48-8)36(38(21-31)49-9)25-44-16-13-29(14-17-44)19-30-11-10-12-33-28(3)45(18-15-34(30)33)40(47)32(23-42)22-41(4,5)6/h10-12,20-22,24,28-29H,13-19,25H2,1-9H3/b32-22+. The second-order valence-corrected chi connectivity index (χ2v) is 14.9. The van der Waals surface area contributed by atoms with Gasteiger partial charge in [-0.25, -0.2) is 0 Å². The van der Waals surface area contributed by atoms with Crippen LogP contribution in [0.2, 0.25) is 0 Å². The van der Waals surface area contributed by atoms with Crippen LogP contribution in [0.3, 0.4) is 0 Å². The second-order valence-electron chi connectivity index (χ2n) is 14.9. The molecule has 260 valence electrons. The van der Waals surface area contributed by atoms with Crippen LogP contribution in [-0.4, -0.2) is 54.1 Å². The summed E-state index contributed by atoms with van der Waals surface area (Å²) in [5.74, 6) is 1.99. The molecule has 8 nitrogen and oxygen atoms in total. The lowest BCUT2D eigenvalue weighted by Crippen LogP contribution is -2.40. The van der Waals surface area contributed by atoms with Crippen molar-refractivity contribution in [3.05, 3.63) is 91.9 Å². The van der Waals surface area contributed by atoms with Gasteiger partial charge in [0.25, 0.3) is 11.5 Å². The maximum absolute atomic E-state index is 13.4. The average molecular weight is 665 g/mol. The lowest BCUT2D eigenvalue weighted by molar-refractivity contribution is -0.129. The Hall–Kier alpha value is -4.35. The summed E-state index contributed by atoms with van der Waals surface area (Å²) >= 11 is 0. The number of amides is 1. The van der Waals surface area contributed by atoms with Gasteiger partial charge < -0.3 is 18.9 Å². The third-order valence-corrected chi connectivity index (χ3v) is 10.5. The molecular weight excluding hydrogens is 612 g/mol. The van der Waals surface area contributed by atoms with E-state index in [9.17, 15) is 14.9 Å². The Kier molecular flexibility index (Phi) is 10.7. The van der Waals surface area contributed by atoms with E-state index in [1.807, 2.05) is 45.7 Å². The largest absolute Gasteiger partial charge is 0.496 e. The highest BCUT2D eigenvalue weighted by Gasteiger charge is 2.32. The highest BCUT2D eigenvalue weighted by Crippen LogP contribution is 2.39. The number of rotatable bonds is 8. The molecule has 0 saturated carbocycles. The van der Waals surface area contributed by atoms with Gasteiger partial charge in [-0.05, 0) is 111 Å². The van der Waals surface area contributed by atoms with Crippen molar-refractivity contribution in [3.63, 3.8) is 0 Å². The monoisotopic (exact) mass is 664 g/mol. The summed E-state index contributed by atoms with van der Waals surface area (Å²) in [6.07, 6.45) is 7.73. The number of fused-ring (bicyclic) bond motifs is 1. The number of pyridine rings is 1. The van der Waals surface area contributed by atoms with Gasteiger partial charge in [0.05, 0.1) is 25.8 Å². The van der Waals surface area contributed by atoms with Crippen LogP contribution < -0.4 is 15.0 Å². The zero-order chi connectivity index (χ0) is 35.6. The number of carbonyl (C=O) groups excluding carboxylic acids is 1. The van der Waals surface area contributed by atoms with Crippen LogP contribution in [0.5, 0.6) is 11.5 Å². The van der Waals surface area contributed by atoms with E-state index in [2.05, 4.69) is 48.2 Å². The van der Waals surface area contributed by atoms with Gasteiger partial charge >= 0.3 is 0 Å². The van der Waals surface area contributed by atoms with Gasteiger partial charge in [0.15, 0.2) is 0 Å². The van der Waals surface area contributed by atoms with Gasteiger partial charge in [-0.3, -0.25) is 14.5 Å². The molecule has 0 N–H and O–H groups in total. The number of methoxy groups -OCH3 is 2. The van der Waals surface area contributed by atoms with Crippen molar-refractivity contribution in [1.82, 2.24) is 14.4 Å². The molecular formula is C41H52N4O4. The molecule has 0 spiro atoms. The molecule has 8 heteroatoms. The van der Waals surface area contributed by atoms with E-state index >= 15 is 0 Å². The minimum Gasteiger partial charge on any atom is -0.496 e. The van der Waals surface area contributed by atoms with Crippen LogP contribution >= 0.6 is 0 Å². The molecule has 1 amide bonds. The molecule has 0 bridgehead atoms. The molecule has 1 saturated heterocycles. The Morgan fingerprint density at radius 2 is 1.69 bits per heavy atom. The third-order valence-electron chi connectivity index (χ3n) is 10.5. The molecule has 0 aliphatic carbocycles. The van der Waals surface area contributed by atoms with Crippen LogP contribution in [0.25, 0.3) is 11.1 Å². The number of aromatic nitrogens is 1. The Balaban J connectivity index is 1.27. The number of likely N-dealkylation sites (tertiary alicyclic amines) is 1. The fourth-order valence-electron chi connectivity index (χ4n) is 7.59. The molecule has 3 heterocycles. The van der Waals surface area contributed by atoms with Crippen molar-refractivity contribution in [3.8, 4) is 28.7 Å². The molecule has 1 aromatic heterocycles. The quantitative estimate of drug-likeness (QED) is 0.189. The molecule has 2 aromatic carbocycles. The normalized spacial score (nSPS) is 17.4. The first-order valence-electron chi connectivity index (χ1n) is 17.4. The molecule has 5 rings (SSSR count). The minimum atomic E-state index is -0.243. The second kappa shape index (κ2) is 14.6. The summed E-state index contributed by atoms with van der Waals surface area (Å²) in [4.78, 5) is 30.2. The first-order chi connectivity index (χ1) is 23.3. The van der Waals surface area contributed by atoms with Crippen LogP contribution in [0.4, 0.5) is 0 Å². The van der Waals surface area contributed by atoms with Gasteiger partial charge in [0.1, 0.15) is 23.1 Å². The van der Waals surface area contributed by atoms with Gasteiger partial charge in [0.2, 0.25) is 0 Å². The first kappa shape index (κ1) is 35.9. The van der Waals surface area contributed by atoms with E-state index in [4.69, 9.17) is 9.47 Å². The lowest BCUT2D eigenvalue weighted by Gasteiger charge is -2.37. The molecule has 2 aliphatic heterocycles. The number of aryl methyl sites for hydroxylation is 1. The Morgan fingerprint density at radius 3 is 2.29 bits per heavy atom. The summed E-state index contributed by atoms with van der Waals surface area (Å²) in [7, 11) is 5.19. The van der Waals surface area contributed by atoms with Crippen molar-refractivity contribution in [2.24, 2.45) is 18.4 Å². The SMILES string of the molecule is COc1cc(-c2cn(C)c(=O)c(C)c2C)cc(OC)c1CN1CCC(Cc2cccc3c2CCN(C(=O)/C(C#N)=C/C(C)(C)C)C3C)CC1. The van der Waals surface area contributed by atoms with E-state index in [1.165, 1.54) is 16.7 Å². The molecule has 0 radical (unpaired) electrons. The number of nitrogens with zero attached hydrogens (tertiary/aromatic N) is 4. The number of benzene rings is 2. The number of piperidine rings is 1. The molecule has 49 heavy (non-hydrogen) atoms. The molecule has 2 aliphatic rings. The predicted octanol–water partition coefficient (Wildman–Crippen LogP) is 7.08. The molecule has 1 fully saturated rings. The summed E-state index contributed by atoms with van der Waals surface area (Å²) in [5, 5.41) is 9.75. The van der Waals surface area contributed by atoms with Crippen molar-refractivity contribution in [1.29, 1.82) is 5.26 Å². The Morgan fingerprint density at radius 1 is 1.04 bits per heavy atom. The van der Waals surface area contributed by atoms with Crippen LogP contribution in [0.1, 0.15) is 80.0 Å². The average Bonchev–Trinajstić information content (AvgIpc) is 3.08. The first-order valence-corrected chi connectivity index (χ1v) is 17.4. The van der Waals surface area contributed by atoms with Crippen molar-refractivity contribution >= 4 is 5.91 Å². The molecule has 1 unspecified atom stereocenters. The molecule has 3 aromatic rings. The van der Waals surface area contributed by atoms with E-state index in [0.29, 0.717) is 12.5 Å². The highest BCUT2D eigenvalue weighted by atomic mass is 16.5. The van der Waals surface area contributed by atoms with Crippen molar-refractivity contribution < 1.29 is 14.3 Å². The maximum atomic E-state index is 13.4. The number of ether oxygens (including phenoxy) is 2. The zero-order valence-electron chi connectivity index (χ0n) is 30.8. The summed E-state index contributed by atoms with van der Waals surface area (Å²) < 4.78 is 13.5. The number of hydrogen-bond donors (Lipinski definition) is 0. The van der Waals surface area contributed by atoms with E-state index < -0.39 is 0 Å². The van der Waals surface area contributed by atoms with Gasteiger partial charge in [-0.1, -0.05) is 45.0 Å². The van der Waals surface area contributed by atoms with Crippen molar-refractivity contribution in [2.75, 3.05) is 33.9 Å². The highest BCUT2D eigenvalue weighted by molar-refractivity contribution is 5.97. The van der Waals surface area contributed by atoms with E-state index in [1.54, 1.807) is 31.9 Å². The third kappa shape index (κ3) is 7.63. The van der Waals surface area contributed by atoms with E-state index in [-0.39, 0.29) is 28.5 Å². The predicted molar refractivity (Wildman–Crippen MR) is 195 cm³/mol. The Labute approximate surface area is 291 Å². The van der Waals surface area contributed by atoms with Crippen LogP contribution in [0.15, 0.2) is 53.0 Å². The summed E-state index contributed by atoms with van der Waals surface area (Å²) in [6, 6.07) is 12.7. The van der Waals surface area contributed by atoms with Crippen molar-refractivity contribution in [2.45, 2.75) is 79.8 Å². The summed E-state index contributed by atoms with van der Waals surface area (Å²) in [5.41, 5.74) is 8.66. The fraction of sp³-hybridized carbons (Fsp3) is 0.488. The molecule has 1 atom stereocenters. The van der Waals surface area contributed by atoms with E-state index in [0.717, 1.165) is 84.6 Å². The van der Waals surface area contributed by atoms with Gasteiger partial charge in [-0.15, -0.1) is 0 Å². The van der Waals surface area contributed by atoms with Crippen LogP contribution in [-0.2, 0) is 31.2 Å². The smallest absolute Gasteiger partial charge is 0.264 e. The number of carbonyl (C=O) groups is 1. The number of nitriles is 1. The number of hydrogen-bond acceptors (Lipinski definition) is 6. The van der Waals surface area contributed by atoms with Gasteiger partial charge in [-0.2, -0.15) is 5.26 Å². The maximum Gasteiger partial charge on any atom is 0.264 e.